The number of rotatable bonds is 6. The van der Waals surface area contributed by atoms with E-state index in [-0.39, 0.29) is 23.3 Å². The van der Waals surface area contributed by atoms with Crippen LogP contribution in [0.2, 0.25) is 0 Å². The van der Waals surface area contributed by atoms with Crippen LogP contribution in [0.1, 0.15) is 12.0 Å². The second-order valence-corrected chi connectivity index (χ2v) is 7.62. The Balaban J connectivity index is 1.59. The Morgan fingerprint density at radius 3 is 2.29 bits per heavy atom. The van der Waals surface area contributed by atoms with E-state index in [0.29, 0.717) is 13.1 Å². The van der Waals surface area contributed by atoms with Gasteiger partial charge in [-0.3, -0.25) is 4.79 Å². The van der Waals surface area contributed by atoms with E-state index in [1.807, 2.05) is 30.3 Å². The molecular formula is C18H20N2O3S. The monoisotopic (exact) mass is 344 g/mol. The number of nitrogens with one attached hydrogen (secondary N) is 1. The standard InChI is InChI=1S/C18H20N2O3S/c21-18-13-16(19-24(22,23)17-9-5-2-6-10-17)14-20(18)12-11-15-7-3-1-4-8-15/h1-10,16,19H,11-14H2/t16-/m0/s1. The molecule has 5 nitrogen and oxygen atoms in total. The van der Waals surface area contributed by atoms with Crippen LogP contribution < -0.4 is 4.72 Å². The van der Waals surface area contributed by atoms with Gasteiger partial charge in [-0.25, -0.2) is 13.1 Å². The maximum atomic E-state index is 12.3. The predicted molar refractivity (Wildman–Crippen MR) is 91.9 cm³/mol. The molecule has 1 saturated heterocycles. The third-order valence-electron chi connectivity index (χ3n) is 4.10. The molecule has 0 aliphatic carbocycles. The Hall–Kier alpha value is -2.18. The first-order valence-electron chi connectivity index (χ1n) is 7.94. The van der Waals surface area contributed by atoms with Gasteiger partial charge in [0.15, 0.2) is 0 Å². The van der Waals surface area contributed by atoms with Crippen molar-refractivity contribution in [2.24, 2.45) is 0 Å². The number of likely N-dealkylation sites (tertiary alicyclic amines) is 1. The van der Waals surface area contributed by atoms with Crippen molar-refractivity contribution in [3.8, 4) is 0 Å². The van der Waals surface area contributed by atoms with Gasteiger partial charge in [0.1, 0.15) is 0 Å². The molecule has 2 aromatic rings. The van der Waals surface area contributed by atoms with Crippen molar-refractivity contribution in [3.05, 3.63) is 66.2 Å². The van der Waals surface area contributed by atoms with Gasteiger partial charge in [0.05, 0.1) is 4.90 Å². The molecule has 1 aliphatic heterocycles. The summed E-state index contributed by atoms with van der Waals surface area (Å²) in [5, 5.41) is 0. The van der Waals surface area contributed by atoms with Crippen molar-refractivity contribution in [2.75, 3.05) is 13.1 Å². The van der Waals surface area contributed by atoms with Gasteiger partial charge in [-0.2, -0.15) is 0 Å². The third-order valence-corrected chi connectivity index (χ3v) is 5.64. The largest absolute Gasteiger partial charge is 0.341 e. The third kappa shape index (κ3) is 4.01. The van der Waals surface area contributed by atoms with Crippen molar-refractivity contribution >= 4 is 15.9 Å². The maximum Gasteiger partial charge on any atom is 0.240 e. The minimum Gasteiger partial charge on any atom is -0.341 e. The number of benzene rings is 2. The quantitative estimate of drug-likeness (QED) is 0.869. The van der Waals surface area contributed by atoms with E-state index in [4.69, 9.17) is 0 Å². The van der Waals surface area contributed by atoms with Crippen molar-refractivity contribution in [2.45, 2.75) is 23.8 Å². The SMILES string of the molecule is O=C1C[C@H](NS(=O)(=O)c2ccccc2)CN1CCc1ccccc1. The van der Waals surface area contributed by atoms with Gasteiger partial charge in [0, 0.05) is 25.6 Å². The van der Waals surface area contributed by atoms with Crippen LogP contribution in [0.4, 0.5) is 0 Å². The van der Waals surface area contributed by atoms with Gasteiger partial charge in [-0.15, -0.1) is 0 Å². The van der Waals surface area contributed by atoms with E-state index >= 15 is 0 Å². The van der Waals surface area contributed by atoms with E-state index in [1.165, 1.54) is 5.56 Å². The van der Waals surface area contributed by atoms with Crippen molar-refractivity contribution < 1.29 is 13.2 Å². The van der Waals surface area contributed by atoms with Gasteiger partial charge >= 0.3 is 0 Å². The van der Waals surface area contributed by atoms with Gasteiger partial charge in [0.25, 0.3) is 0 Å². The lowest BCUT2D eigenvalue weighted by Crippen LogP contribution is -2.37. The molecule has 0 unspecified atom stereocenters. The molecule has 1 aliphatic rings. The first-order valence-corrected chi connectivity index (χ1v) is 9.42. The number of hydrogen-bond donors (Lipinski definition) is 1. The van der Waals surface area contributed by atoms with Crippen LogP contribution in [-0.2, 0) is 21.2 Å². The minimum atomic E-state index is -3.59. The first kappa shape index (κ1) is 16.7. The van der Waals surface area contributed by atoms with E-state index in [0.717, 1.165) is 6.42 Å². The molecule has 24 heavy (non-hydrogen) atoms. The van der Waals surface area contributed by atoms with Crippen LogP contribution in [0.3, 0.4) is 0 Å². The van der Waals surface area contributed by atoms with Crippen LogP contribution in [0.15, 0.2) is 65.6 Å². The lowest BCUT2D eigenvalue weighted by molar-refractivity contribution is -0.127. The second-order valence-electron chi connectivity index (χ2n) is 5.91. The zero-order chi connectivity index (χ0) is 17.0. The molecule has 1 fully saturated rings. The fourth-order valence-corrected chi connectivity index (χ4v) is 4.11. The Labute approximate surface area is 142 Å². The first-order chi connectivity index (χ1) is 11.5. The predicted octanol–water partition coefficient (Wildman–Crippen LogP) is 1.81. The molecule has 2 aromatic carbocycles. The van der Waals surface area contributed by atoms with Gasteiger partial charge in [-0.05, 0) is 24.1 Å². The summed E-state index contributed by atoms with van der Waals surface area (Å²) in [7, 11) is -3.59. The summed E-state index contributed by atoms with van der Waals surface area (Å²) < 4.78 is 27.3. The average molecular weight is 344 g/mol. The Morgan fingerprint density at radius 2 is 1.62 bits per heavy atom. The number of hydrogen-bond acceptors (Lipinski definition) is 3. The highest BCUT2D eigenvalue weighted by Gasteiger charge is 2.32. The van der Waals surface area contributed by atoms with E-state index in [1.54, 1.807) is 35.2 Å². The average Bonchev–Trinajstić information content (AvgIpc) is 2.93. The van der Waals surface area contributed by atoms with Crippen molar-refractivity contribution in [1.29, 1.82) is 0 Å². The smallest absolute Gasteiger partial charge is 0.240 e. The van der Waals surface area contributed by atoms with Gasteiger partial charge < -0.3 is 4.90 Å². The summed E-state index contributed by atoms with van der Waals surface area (Å²) in [4.78, 5) is 14.1. The summed E-state index contributed by atoms with van der Waals surface area (Å²) in [5.41, 5.74) is 1.17. The number of carbonyl (C=O) groups is 1. The summed E-state index contributed by atoms with van der Waals surface area (Å²) in [6.07, 6.45) is 0.978. The number of carbonyl (C=O) groups excluding carboxylic acids is 1. The molecule has 0 spiro atoms. The van der Waals surface area contributed by atoms with Crippen molar-refractivity contribution in [3.63, 3.8) is 0 Å². The molecule has 0 radical (unpaired) electrons. The summed E-state index contributed by atoms with van der Waals surface area (Å²) >= 11 is 0. The molecule has 6 heteroatoms. The Kier molecular flexibility index (Phi) is 4.97. The molecule has 1 N–H and O–H groups in total. The van der Waals surface area contributed by atoms with Crippen LogP contribution >= 0.6 is 0 Å². The molecule has 1 amide bonds. The van der Waals surface area contributed by atoms with Crippen LogP contribution in [0.5, 0.6) is 0 Å². The summed E-state index contributed by atoms with van der Waals surface area (Å²) in [6.45, 7) is 1.02. The number of amides is 1. The highest BCUT2D eigenvalue weighted by molar-refractivity contribution is 7.89. The van der Waals surface area contributed by atoms with Crippen LogP contribution in [0, 0.1) is 0 Å². The number of nitrogens with zero attached hydrogens (tertiary/aromatic N) is 1. The molecule has 1 atom stereocenters. The fourth-order valence-electron chi connectivity index (χ4n) is 2.86. The molecular weight excluding hydrogens is 324 g/mol. The van der Waals surface area contributed by atoms with E-state index in [2.05, 4.69) is 4.72 Å². The van der Waals surface area contributed by atoms with Gasteiger partial charge in [-0.1, -0.05) is 48.5 Å². The summed E-state index contributed by atoms with van der Waals surface area (Å²) in [6, 6.07) is 17.8. The second kappa shape index (κ2) is 7.15. The zero-order valence-electron chi connectivity index (χ0n) is 13.3. The Bertz CT molecular complexity index is 792. The molecule has 0 bridgehead atoms. The molecule has 0 saturated carbocycles. The normalized spacial score (nSPS) is 18.1. The van der Waals surface area contributed by atoms with Crippen molar-refractivity contribution in [1.82, 2.24) is 9.62 Å². The van der Waals surface area contributed by atoms with Crippen LogP contribution in [0.25, 0.3) is 0 Å². The van der Waals surface area contributed by atoms with E-state index < -0.39 is 10.0 Å². The molecule has 126 valence electrons. The maximum absolute atomic E-state index is 12.3. The molecule has 0 aromatic heterocycles. The van der Waals surface area contributed by atoms with Gasteiger partial charge in [0.2, 0.25) is 15.9 Å². The number of sulfonamides is 1. The highest BCUT2D eigenvalue weighted by atomic mass is 32.2. The fraction of sp³-hybridized carbons (Fsp3) is 0.278. The molecule has 1 heterocycles. The van der Waals surface area contributed by atoms with E-state index in [9.17, 15) is 13.2 Å². The minimum absolute atomic E-state index is 0.00769. The lowest BCUT2D eigenvalue weighted by Gasteiger charge is -2.17. The Morgan fingerprint density at radius 1 is 1.00 bits per heavy atom. The lowest BCUT2D eigenvalue weighted by atomic mass is 10.1. The molecule has 3 rings (SSSR count). The topological polar surface area (TPSA) is 66.5 Å². The zero-order valence-corrected chi connectivity index (χ0v) is 14.1. The highest BCUT2D eigenvalue weighted by Crippen LogP contribution is 2.16. The summed E-state index contributed by atoms with van der Waals surface area (Å²) in [5.74, 6) is -0.00769. The van der Waals surface area contributed by atoms with Crippen LogP contribution in [-0.4, -0.2) is 38.4 Å².